The van der Waals surface area contributed by atoms with Gasteiger partial charge >= 0.3 is 17.9 Å². The second-order valence-electron chi connectivity index (χ2n) is 6.14. The number of carbonyl (C=O) groups excluding carboxylic acids is 3. The van der Waals surface area contributed by atoms with Gasteiger partial charge in [0.25, 0.3) is 5.91 Å². The molecule has 1 aromatic rings. The first kappa shape index (κ1) is 20.7. The predicted molar refractivity (Wildman–Crippen MR) is 93.9 cm³/mol. The normalized spacial score (nSPS) is 18.5. The third-order valence-corrected chi connectivity index (χ3v) is 4.35. The standard InChI is InChI=1S/C18H20ClNO7/c1-10(21)26-15(16(18(24)25)27-11(2)22)17(23)20-8-4-7-14(20)12-5-3-6-13(19)9-12/h3,5-6,9,14-16H,4,7-8H2,1-2H3,(H,24,25)/t14?,15-,16-/m1/s1. The summed E-state index contributed by atoms with van der Waals surface area (Å²) in [5.74, 6) is -4.07. The van der Waals surface area contributed by atoms with Gasteiger partial charge in [-0.05, 0) is 30.5 Å². The zero-order valence-electron chi connectivity index (χ0n) is 14.9. The van der Waals surface area contributed by atoms with Crippen molar-refractivity contribution in [3.63, 3.8) is 0 Å². The minimum Gasteiger partial charge on any atom is -0.478 e. The van der Waals surface area contributed by atoms with Crippen LogP contribution in [0.25, 0.3) is 0 Å². The Morgan fingerprint density at radius 1 is 1.15 bits per heavy atom. The van der Waals surface area contributed by atoms with Crippen LogP contribution < -0.4 is 0 Å². The number of nitrogens with zero attached hydrogens (tertiary/aromatic N) is 1. The number of amides is 1. The number of likely N-dealkylation sites (tertiary alicyclic amines) is 1. The molecule has 1 N–H and O–H groups in total. The first-order chi connectivity index (χ1) is 12.7. The Morgan fingerprint density at radius 2 is 1.78 bits per heavy atom. The van der Waals surface area contributed by atoms with Crippen LogP contribution in [0.2, 0.25) is 5.02 Å². The van der Waals surface area contributed by atoms with Gasteiger partial charge in [-0.1, -0.05) is 23.7 Å². The molecule has 0 aliphatic carbocycles. The number of halogens is 1. The maximum absolute atomic E-state index is 13.0. The van der Waals surface area contributed by atoms with Gasteiger partial charge in [-0.15, -0.1) is 0 Å². The van der Waals surface area contributed by atoms with Gasteiger partial charge in [-0.2, -0.15) is 0 Å². The van der Waals surface area contributed by atoms with Crippen molar-refractivity contribution in [2.45, 2.75) is 44.9 Å². The van der Waals surface area contributed by atoms with E-state index >= 15 is 0 Å². The number of rotatable bonds is 6. The molecule has 1 amide bonds. The Labute approximate surface area is 161 Å². The first-order valence-corrected chi connectivity index (χ1v) is 8.71. The number of hydrogen-bond acceptors (Lipinski definition) is 6. The summed E-state index contributed by atoms with van der Waals surface area (Å²) in [7, 11) is 0. The predicted octanol–water partition coefficient (Wildman–Crippen LogP) is 1.95. The van der Waals surface area contributed by atoms with Crippen LogP contribution in [0.3, 0.4) is 0 Å². The van der Waals surface area contributed by atoms with Crippen molar-refractivity contribution in [3.8, 4) is 0 Å². The van der Waals surface area contributed by atoms with E-state index in [0.29, 0.717) is 24.4 Å². The Bertz CT molecular complexity index is 751. The third kappa shape index (κ3) is 5.19. The molecule has 27 heavy (non-hydrogen) atoms. The van der Waals surface area contributed by atoms with Crippen LogP contribution in [0.15, 0.2) is 24.3 Å². The van der Waals surface area contributed by atoms with E-state index in [1.807, 2.05) is 6.07 Å². The van der Waals surface area contributed by atoms with E-state index in [9.17, 15) is 24.3 Å². The smallest absolute Gasteiger partial charge is 0.349 e. The highest BCUT2D eigenvalue weighted by Crippen LogP contribution is 2.34. The number of carboxylic acids is 1. The monoisotopic (exact) mass is 397 g/mol. The fourth-order valence-corrected chi connectivity index (χ4v) is 3.29. The molecule has 8 nitrogen and oxygen atoms in total. The highest BCUT2D eigenvalue weighted by molar-refractivity contribution is 6.30. The number of aliphatic carboxylic acids is 1. The van der Waals surface area contributed by atoms with Crippen LogP contribution in [0.4, 0.5) is 0 Å². The number of benzene rings is 1. The number of esters is 2. The van der Waals surface area contributed by atoms with Crippen LogP contribution >= 0.6 is 11.6 Å². The van der Waals surface area contributed by atoms with Gasteiger partial charge in [-0.25, -0.2) is 4.79 Å². The lowest BCUT2D eigenvalue weighted by Gasteiger charge is -2.30. The van der Waals surface area contributed by atoms with Crippen molar-refractivity contribution < 1.29 is 33.8 Å². The fraction of sp³-hybridized carbons (Fsp3) is 0.444. The summed E-state index contributed by atoms with van der Waals surface area (Å²) in [6.45, 7) is 2.40. The van der Waals surface area contributed by atoms with Gasteiger partial charge in [0.15, 0.2) is 0 Å². The van der Waals surface area contributed by atoms with Crippen molar-refractivity contribution in [1.29, 1.82) is 0 Å². The lowest BCUT2D eigenvalue weighted by atomic mass is 10.0. The number of carboxylic acid groups (broad SMARTS) is 1. The molecule has 1 heterocycles. The molecule has 1 aliphatic rings. The van der Waals surface area contributed by atoms with Crippen molar-refractivity contribution in [2.24, 2.45) is 0 Å². The Kier molecular flexibility index (Phi) is 6.79. The van der Waals surface area contributed by atoms with Crippen molar-refractivity contribution >= 4 is 35.4 Å². The zero-order chi connectivity index (χ0) is 20.1. The van der Waals surface area contributed by atoms with E-state index in [2.05, 4.69) is 0 Å². The molecule has 146 valence electrons. The molecule has 1 fully saturated rings. The van der Waals surface area contributed by atoms with Gasteiger partial charge in [0, 0.05) is 25.4 Å². The zero-order valence-corrected chi connectivity index (χ0v) is 15.6. The number of carbonyl (C=O) groups is 4. The van der Waals surface area contributed by atoms with E-state index in [-0.39, 0.29) is 6.04 Å². The molecule has 0 bridgehead atoms. The van der Waals surface area contributed by atoms with Gasteiger partial charge in [-0.3, -0.25) is 14.4 Å². The van der Waals surface area contributed by atoms with Crippen LogP contribution in [0.1, 0.15) is 38.3 Å². The average Bonchev–Trinajstić information content (AvgIpc) is 3.06. The topological polar surface area (TPSA) is 110 Å². The second-order valence-corrected chi connectivity index (χ2v) is 6.58. The molecule has 3 atom stereocenters. The Balaban J connectivity index is 2.33. The maximum atomic E-state index is 13.0. The molecule has 1 aliphatic heterocycles. The molecule has 0 saturated carbocycles. The van der Waals surface area contributed by atoms with Crippen molar-refractivity contribution in [1.82, 2.24) is 4.90 Å². The van der Waals surface area contributed by atoms with Crippen LogP contribution in [0, 0.1) is 0 Å². The highest BCUT2D eigenvalue weighted by Gasteiger charge is 2.44. The van der Waals surface area contributed by atoms with Crippen LogP contribution in [-0.4, -0.2) is 52.6 Å². The highest BCUT2D eigenvalue weighted by atomic mass is 35.5. The molecule has 0 aromatic heterocycles. The molecular weight excluding hydrogens is 378 g/mol. The van der Waals surface area contributed by atoms with E-state index in [1.165, 1.54) is 4.90 Å². The van der Waals surface area contributed by atoms with E-state index in [1.54, 1.807) is 18.2 Å². The van der Waals surface area contributed by atoms with Crippen LogP contribution in [-0.2, 0) is 28.7 Å². The molecular formula is C18H20ClNO7. The molecule has 1 saturated heterocycles. The molecule has 0 spiro atoms. The molecule has 1 aromatic carbocycles. The fourth-order valence-electron chi connectivity index (χ4n) is 3.10. The summed E-state index contributed by atoms with van der Waals surface area (Å²) in [5, 5.41) is 9.87. The second kappa shape index (κ2) is 8.85. The molecule has 9 heteroatoms. The minimum absolute atomic E-state index is 0.346. The van der Waals surface area contributed by atoms with Gasteiger partial charge in [0.1, 0.15) is 0 Å². The SMILES string of the molecule is CC(=O)O[C@@H](C(=O)O)[C@@H](OC(C)=O)C(=O)N1CCCC1c1cccc(Cl)c1. The lowest BCUT2D eigenvalue weighted by molar-refractivity contribution is -0.183. The maximum Gasteiger partial charge on any atom is 0.349 e. The minimum atomic E-state index is -1.93. The number of hydrogen-bond donors (Lipinski definition) is 1. The first-order valence-electron chi connectivity index (χ1n) is 8.34. The average molecular weight is 398 g/mol. The lowest BCUT2D eigenvalue weighted by Crippen LogP contribution is -2.51. The Morgan fingerprint density at radius 3 is 2.33 bits per heavy atom. The van der Waals surface area contributed by atoms with E-state index in [4.69, 9.17) is 21.1 Å². The van der Waals surface area contributed by atoms with Crippen LogP contribution in [0.5, 0.6) is 0 Å². The summed E-state index contributed by atoms with van der Waals surface area (Å²) in [6.07, 6.45) is -2.38. The Hall–Kier alpha value is -2.61. The summed E-state index contributed by atoms with van der Waals surface area (Å²) in [5.41, 5.74) is 0.786. The third-order valence-electron chi connectivity index (χ3n) is 4.12. The van der Waals surface area contributed by atoms with Gasteiger partial charge < -0.3 is 19.5 Å². The summed E-state index contributed by atoms with van der Waals surface area (Å²) in [6, 6.07) is 6.64. The largest absolute Gasteiger partial charge is 0.478 e. The van der Waals surface area contributed by atoms with Crippen molar-refractivity contribution in [3.05, 3.63) is 34.9 Å². The van der Waals surface area contributed by atoms with E-state index < -0.39 is 36.0 Å². The molecule has 2 rings (SSSR count). The van der Waals surface area contributed by atoms with Gasteiger partial charge in [0.2, 0.25) is 12.2 Å². The quantitative estimate of drug-likeness (QED) is 0.730. The molecule has 1 unspecified atom stereocenters. The van der Waals surface area contributed by atoms with E-state index in [0.717, 1.165) is 19.4 Å². The van der Waals surface area contributed by atoms with Crippen molar-refractivity contribution in [2.75, 3.05) is 6.54 Å². The summed E-state index contributed by atoms with van der Waals surface area (Å²) >= 11 is 6.02. The molecule has 0 radical (unpaired) electrons. The summed E-state index contributed by atoms with van der Waals surface area (Å²) in [4.78, 5) is 48.7. The van der Waals surface area contributed by atoms with Gasteiger partial charge in [0.05, 0.1) is 6.04 Å². The number of ether oxygens (including phenoxy) is 2. The summed E-state index contributed by atoms with van der Waals surface area (Å²) < 4.78 is 9.67.